The van der Waals surface area contributed by atoms with Gasteiger partial charge in [0.15, 0.2) is 9.84 Å². The zero-order valence-electron chi connectivity index (χ0n) is 15.3. The quantitative estimate of drug-likeness (QED) is 0.605. The lowest BCUT2D eigenvalue weighted by atomic mass is 9.93. The van der Waals surface area contributed by atoms with Crippen LogP contribution in [-0.2, 0) is 20.8 Å². The number of hydrogen-bond donors (Lipinski definition) is 0. The molecule has 1 aliphatic heterocycles. The summed E-state index contributed by atoms with van der Waals surface area (Å²) in [6.07, 6.45) is -3.24. The Morgan fingerprint density at radius 1 is 1.29 bits per heavy atom. The van der Waals surface area contributed by atoms with Crippen molar-refractivity contribution < 1.29 is 26.3 Å². The molecule has 0 amide bonds. The van der Waals surface area contributed by atoms with Gasteiger partial charge in [-0.3, -0.25) is 4.98 Å². The first-order valence-electron chi connectivity index (χ1n) is 8.60. The fraction of sp³-hybridized carbons (Fsp3) is 0.421. The summed E-state index contributed by atoms with van der Waals surface area (Å²) in [6, 6.07) is 5.76. The van der Waals surface area contributed by atoms with Crippen LogP contribution in [-0.4, -0.2) is 24.8 Å². The molecule has 0 N–H and O–H groups in total. The molecule has 9 heteroatoms. The molecule has 0 spiro atoms. The van der Waals surface area contributed by atoms with Gasteiger partial charge in [-0.2, -0.15) is 13.2 Å². The molecule has 0 saturated carbocycles. The number of sulfone groups is 1. The van der Waals surface area contributed by atoms with Crippen molar-refractivity contribution in [1.29, 1.82) is 0 Å². The van der Waals surface area contributed by atoms with Crippen molar-refractivity contribution in [3.63, 3.8) is 0 Å². The normalized spacial score (nSPS) is 23.6. The number of ether oxygens (including phenoxy) is 1. The van der Waals surface area contributed by atoms with Gasteiger partial charge in [0.1, 0.15) is 6.10 Å². The number of aromatic nitrogens is 1. The maximum Gasteiger partial charge on any atom is 0.416 e. The van der Waals surface area contributed by atoms with Gasteiger partial charge in [0.25, 0.3) is 0 Å². The molecule has 1 aromatic heterocycles. The molecule has 0 aliphatic carbocycles. The van der Waals surface area contributed by atoms with Crippen molar-refractivity contribution in [2.24, 2.45) is 0 Å². The summed E-state index contributed by atoms with van der Waals surface area (Å²) < 4.78 is 70.9. The summed E-state index contributed by atoms with van der Waals surface area (Å²) in [5, 5.41) is 0. The number of rotatable bonds is 3. The van der Waals surface area contributed by atoms with Crippen LogP contribution < -0.4 is 0 Å². The summed E-state index contributed by atoms with van der Waals surface area (Å²) in [6.45, 7) is 3.59. The molecule has 3 rings (SSSR count). The lowest BCUT2D eigenvalue weighted by Crippen LogP contribution is -2.42. The summed E-state index contributed by atoms with van der Waals surface area (Å²) in [4.78, 5) is 4.02. The van der Waals surface area contributed by atoms with Gasteiger partial charge in [0, 0.05) is 17.3 Å². The van der Waals surface area contributed by atoms with E-state index in [0.29, 0.717) is 11.8 Å². The van der Waals surface area contributed by atoms with Crippen LogP contribution in [0.5, 0.6) is 0 Å². The van der Waals surface area contributed by atoms with Gasteiger partial charge in [-0.1, -0.05) is 6.07 Å². The van der Waals surface area contributed by atoms with Crippen LogP contribution in [0.25, 0.3) is 0 Å². The third kappa shape index (κ3) is 3.97. The van der Waals surface area contributed by atoms with E-state index < -0.39 is 32.4 Å². The minimum absolute atomic E-state index is 0.112. The van der Waals surface area contributed by atoms with Crippen molar-refractivity contribution in [1.82, 2.24) is 4.98 Å². The largest absolute Gasteiger partial charge is 0.416 e. The van der Waals surface area contributed by atoms with E-state index >= 15 is 0 Å². The van der Waals surface area contributed by atoms with Crippen LogP contribution in [0.2, 0.25) is 0 Å². The summed E-state index contributed by atoms with van der Waals surface area (Å²) in [7, 11) is -4.02. The lowest BCUT2D eigenvalue weighted by Gasteiger charge is -2.37. The average molecular weight is 478 g/mol. The van der Waals surface area contributed by atoms with E-state index in [2.05, 4.69) is 20.9 Å². The monoisotopic (exact) mass is 477 g/mol. The maximum atomic E-state index is 13.3. The number of hydrogen-bond acceptors (Lipinski definition) is 4. The fourth-order valence-corrected chi connectivity index (χ4v) is 5.68. The van der Waals surface area contributed by atoms with E-state index in [4.69, 9.17) is 4.74 Å². The minimum Gasteiger partial charge on any atom is -0.372 e. The first-order chi connectivity index (χ1) is 12.9. The van der Waals surface area contributed by atoms with E-state index in [-0.39, 0.29) is 24.3 Å². The number of halogens is 4. The molecule has 0 radical (unpaired) electrons. The number of nitrogens with zero attached hydrogens (tertiary/aromatic N) is 1. The molecule has 1 aliphatic rings. The van der Waals surface area contributed by atoms with E-state index in [1.807, 2.05) is 13.0 Å². The Balaban J connectivity index is 1.97. The second-order valence-electron chi connectivity index (χ2n) is 7.15. The van der Waals surface area contributed by atoms with Gasteiger partial charge in [-0.05, 0) is 72.4 Å². The molecule has 4 nitrogen and oxygen atoms in total. The topological polar surface area (TPSA) is 56.3 Å². The van der Waals surface area contributed by atoms with E-state index in [1.54, 1.807) is 13.1 Å². The predicted octanol–water partition coefficient (Wildman–Crippen LogP) is 5.26. The van der Waals surface area contributed by atoms with Gasteiger partial charge in [-0.25, -0.2) is 8.42 Å². The molecule has 2 heterocycles. The molecular formula is C19H19BrF3NO3S. The van der Waals surface area contributed by atoms with Gasteiger partial charge in [0.05, 0.1) is 20.9 Å². The SMILES string of the molecule is Cc1cc(Br)cnc1C1CC(C)(S(=O)(=O)c2cccc(C(F)(F)F)c2)CCO1. The smallest absolute Gasteiger partial charge is 0.372 e. The zero-order chi connectivity index (χ0) is 20.7. The summed E-state index contributed by atoms with van der Waals surface area (Å²) in [5.74, 6) is 0. The molecule has 1 fully saturated rings. The minimum atomic E-state index is -4.61. The van der Waals surface area contributed by atoms with Crippen LogP contribution in [0.4, 0.5) is 13.2 Å². The van der Waals surface area contributed by atoms with Crippen molar-refractivity contribution in [3.8, 4) is 0 Å². The molecule has 2 atom stereocenters. The number of aryl methyl sites for hydroxylation is 1. The fourth-order valence-electron chi connectivity index (χ4n) is 3.40. The molecule has 28 heavy (non-hydrogen) atoms. The van der Waals surface area contributed by atoms with Crippen LogP contribution in [0.15, 0.2) is 45.9 Å². The summed E-state index contributed by atoms with van der Waals surface area (Å²) >= 11 is 3.34. The van der Waals surface area contributed by atoms with Crippen molar-refractivity contribution >= 4 is 25.8 Å². The number of benzene rings is 1. The Kier molecular flexibility index (Phi) is 5.64. The molecule has 2 aromatic rings. The van der Waals surface area contributed by atoms with Crippen LogP contribution in [0.1, 0.15) is 42.7 Å². The van der Waals surface area contributed by atoms with Crippen LogP contribution in [0, 0.1) is 6.92 Å². The highest BCUT2D eigenvalue weighted by atomic mass is 79.9. The first kappa shape index (κ1) is 21.3. The Morgan fingerprint density at radius 2 is 2.00 bits per heavy atom. The molecule has 1 saturated heterocycles. The van der Waals surface area contributed by atoms with Gasteiger partial charge < -0.3 is 4.74 Å². The Labute approximate surface area is 170 Å². The molecule has 1 aromatic carbocycles. The lowest BCUT2D eigenvalue weighted by molar-refractivity contribution is -0.137. The van der Waals surface area contributed by atoms with Gasteiger partial charge >= 0.3 is 6.18 Å². The maximum absolute atomic E-state index is 13.3. The van der Waals surface area contributed by atoms with Crippen LogP contribution >= 0.6 is 15.9 Å². The molecule has 2 unspecified atom stereocenters. The van der Waals surface area contributed by atoms with E-state index in [9.17, 15) is 21.6 Å². The third-order valence-corrected chi connectivity index (χ3v) is 8.05. The molecule has 0 bridgehead atoms. The van der Waals surface area contributed by atoms with E-state index in [1.165, 1.54) is 6.07 Å². The zero-order valence-corrected chi connectivity index (χ0v) is 17.7. The molecule has 152 valence electrons. The predicted molar refractivity (Wildman–Crippen MR) is 102 cm³/mol. The Hall–Kier alpha value is -1.45. The number of pyridine rings is 1. The van der Waals surface area contributed by atoms with Crippen molar-refractivity contribution in [3.05, 3.63) is 57.8 Å². The average Bonchev–Trinajstić information content (AvgIpc) is 2.61. The van der Waals surface area contributed by atoms with Gasteiger partial charge in [0.2, 0.25) is 0 Å². The highest BCUT2D eigenvalue weighted by molar-refractivity contribution is 9.10. The highest BCUT2D eigenvalue weighted by Crippen LogP contribution is 2.43. The van der Waals surface area contributed by atoms with Crippen molar-refractivity contribution in [2.75, 3.05) is 6.61 Å². The highest BCUT2D eigenvalue weighted by Gasteiger charge is 2.46. The molecular weight excluding hydrogens is 459 g/mol. The summed E-state index contributed by atoms with van der Waals surface area (Å²) in [5.41, 5.74) is 0.500. The van der Waals surface area contributed by atoms with Crippen LogP contribution in [0.3, 0.4) is 0 Å². The second-order valence-corrected chi connectivity index (χ2v) is 10.5. The van der Waals surface area contributed by atoms with Gasteiger partial charge in [-0.15, -0.1) is 0 Å². The van der Waals surface area contributed by atoms with E-state index in [0.717, 1.165) is 22.2 Å². The Morgan fingerprint density at radius 3 is 2.64 bits per heavy atom. The Bertz CT molecular complexity index is 994. The first-order valence-corrected chi connectivity index (χ1v) is 10.9. The second kappa shape index (κ2) is 7.42. The standard InChI is InChI=1S/C19H19BrF3NO3S/c1-12-8-14(20)11-24-17(12)16-10-18(2,6-7-27-16)28(25,26)15-5-3-4-13(9-15)19(21,22)23/h3-5,8-9,11,16H,6-7,10H2,1-2H3. The van der Waals surface area contributed by atoms with Crippen molar-refractivity contribution in [2.45, 2.75) is 48.6 Å². The third-order valence-electron chi connectivity index (χ3n) is 5.08. The number of alkyl halides is 3.